The molecule has 0 aliphatic heterocycles. The summed E-state index contributed by atoms with van der Waals surface area (Å²) in [6.07, 6.45) is 2.86. The Morgan fingerprint density at radius 3 is 2.85 bits per heavy atom. The second-order valence-corrected chi connectivity index (χ2v) is 3.69. The molecule has 0 unspecified atom stereocenters. The summed E-state index contributed by atoms with van der Waals surface area (Å²) in [5.41, 5.74) is 2.45. The first-order valence-corrected chi connectivity index (χ1v) is 4.61. The number of carboxylic acid groups (broad SMARTS) is 1. The van der Waals surface area contributed by atoms with Gasteiger partial charge in [-0.2, -0.15) is 0 Å². The lowest BCUT2D eigenvalue weighted by Crippen LogP contribution is -2.01. The molecule has 0 saturated carbocycles. The van der Waals surface area contributed by atoms with Gasteiger partial charge >= 0.3 is 5.97 Å². The number of aromatic carboxylic acids is 1. The average Bonchev–Trinajstić information content (AvgIpc) is 2.49. The van der Waals surface area contributed by atoms with E-state index in [4.69, 9.17) is 16.7 Å². The molecule has 2 rings (SSSR count). The molecule has 2 nitrogen and oxygen atoms in total. The number of hydrogen-bond donors (Lipinski definition) is 1. The van der Waals surface area contributed by atoms with E-state index in [1.807, 2.05) is 6.07 Å². The quantitative estimate of drug-likeness (QED) is 0.750. The Bertz CT molecular complexity index is 371. The second-order valence-electron chi connectivity index (χ2n) is 3.25. The highest BCUT2D eigenvalue weighted by Crippen LogP contribution is 2.28. The van der Waals surface area contributed by atoms with E-state index >= 15 is 0 Å². The van der Waals surface area contributed by atoms with Gasteiger partial charge < -0.3 is 5.11 Å². The predicted molar refractivity (Wildman–Crippen MR) is 50.4 cm³/mol. The molecule has 1 aromatic rings. The molecule has 68 valence electrons. The van der Waals surface area contributed by atoms with Gasteiger partial charge in [0.2, 0.25) is 0 Å². The van der Waals surface area contributed by atoms with E-state index in [0.29, 0.717) is 10.6 Å². The van der Waals surface area contributed by atoms with E-state index in [9.17, 15) is 4.79 Å². The standard InChI is InChI=1S/C10H9ClO2/c11-7-4-6-2-1-3-8(6)9(5-7)10(12)13/h4-5H,1-3H2,(H,12,13). The zero-order chi connectivity index (χ0) is 9.42. The van der Waals surface area contributed by atoms with Crippen LogP contribution in [0.3, 0.4) is 0 Å². The predicted octanol–water partition coefficient (Wildman–Crippen LogP) is 2.53. The number of fused-ring (bicyclic) bond motifs is 1. The highest BCUT2D eigenvalue weighted by Gasteiger charge is 2.19. The molecule has 13 heavy (non-hydrogen) atoms. The van der Waals surface area contributed by atoms with Crippen molar-refractivity contribution in [2.45, 2.75) is 19.3 Å². The molecule has 1 N–H and O–H groups in total. The SMILES string of the molecule is O=C(O)c1cc(Cl)cc2c1CCC2. The molecule has 0 saturated heterocycles. The number of rotatable bonds is 1. The van der Waals surface area contributed by atoms with E-state index in [-0.39, 0.29) is 0 Å². The monoisotopic (exact) mass is 196 g/mol. The molecular weight excluding hydrogens is 188 g/mol. The maximum atomic E-state index is 10.9. The summed E-state index contributed by atoms with van der Waals surface area (Å²) in [5.74, 6) is -0.874. The van der Waals surface area contributed by atoms with Crippen molar-refractivity contribution in [2.24, 2.45) is 0 Å². The topological polar surface area (TPSA) is 37.3 Å². The van der Waals surface area contributed by atoms with Crippen LogP contribution in [0.1, 0.15) is 27.9 Å². The Morgan fingerprint density at radius 1 is 1.38 bits per heavy atom. The summed E-state index contributed by atoms with van der Waals surface area (Å²) in [7, 11) is 0. The minimum Gasteiger partial charge on any atom is -0.478 e. The lowest BCUT2D eigenvalue weighted by Gasteiger charge is -2.04. The number of halogens is 1. The van der Waals surface area contributed by atoms with E-state index < -0.39 is 5.97 Å². The molecule has 3 heteroatoms. The van der Waals surface area contributed by atoms with Gasteiger partial charge in [0.1, 0.15) is 0 Å². The van der Waals surface area contributed by atoms with Gasteiger partial charge in [-0.3, -0.25) is 0 Å². The largest absolute Gasteiger partial charge is 0.478 e. The van der Waals surface area contributed by atoms with Crippen LogP contribution in [-0.4, -0.2) is 11.1 Å². The number of benzene rings is 1. The van der Waals surface area contributed by atoms with Crippen molar-refractivity contribution in [3.05, 3.63) is 33.8 Å². The van der Waals surface area contributed by atoms with E-state index in [1.165, 1.54) is 6.07 Å². The molecule has 0 bridgehead atoms. The molecule has 0 spiro atoms. The Labute approximate surface area is 81.1 Å². The third-order valence-corrected chi connectivity index (χ3v) is 2.63. The fourth-order valence-corrected chi connectivity index (χ4v) is 2.10. The Morgan fingerprint density at radius 2 is 2.15 bits per heavy atom. The van der Waals surface area contributed by atoms with Crippen LogP contribution in [0, 0.1) is 0 Å². The van der Waals surface area contributed by atoms with Gasteiger partial charge in [-0.25, -0.2) is 4.79 Å². The molecule has 1 aliphatic carbocycles. The maximum absolute atomic E-state index is 10.9. The molecule has 1 aromatic carbocycles. The minimum absolute atomic E-state index is 0.375. The van der Waals surface area contributed by atoms with E-state index in [1.54, 1.807) is 0 Å². The normalized spacial score (nSPS) is 14.2. The van der Waals surface area contributed by atoms with E-state index in [0.717, 1.165) is 30.4 Å². The third kappa shape index (κ3) is 1.42. The number of carboxylic acids is 1. The van der Waals surface area contributed by atoms with Crippen LogP contribution in [0.4, 0.5) is 0 Å². The highest BCUT2D eigenvalue weighted by atomic mass is 35.5. The van der Waals surface area contributed by atoms with Gasteiger partial charge in [0, 0.05) is 5.02 Å². The van der Waals surface area contributed by atoms with E-state index in [2.05, 4.69) is 0 Å². The van der Waals surface area contributed by atoms with Gasteiger partial charge in [-0.15, -0.1) is 0 Å². The first-order valence-electron chi connectivity index (χ1n) is 4.23. The molecule has 0 radical (unpaired) electrons. The van der Waals surface area contributed by atoms with Crippen molar-refractivity contribution in [3.8, 4) is 0 Å². The zero-order valence-electron chi connectivity index (χ0n) is 7.01. The Balaban J connectivity index is 2.62. The Hall–Kier alpha value is -1.02. The van der Waals surface area contributed by atoms with Crippen LogP contribution < -0.4 is 0 Å². The third-order valence-electron chi connectivity index (χ3n) is 2.41. The molecule has 0 amide bonds. The lowest BCUT2D eigenvalue weighted by atomic mass is 10.0. The van der Waals surface area contributed by atoms with Gasteiger partial charge in [-0.1, -0.05) is 11.6 Å². The zero-order valence-corrected chi connectivity index (χ0v) is 7.77. The summed E-state index contributed by atoms with van der Waals surface area (Å²) < 4.78 is 0. The summed E-state index contributed by atoms with van der Waals surface area (Å²) in [6.45, 7) is 0. The van der Waals surface area contributed by atoms with Crippen molar-refractivity contribution >= 4 is 17.6 Å². The van der Waals surface area contributed by atoms with Crippen LogP contribution in [0.15, 0.2) is 12.1 Å². The molecule has 0 atom stereocenters. The number of hydrogen-bond acceptors (Lipinski definition) is 1. The van der Waals surface area contributed by atoms with Gasteiger partial charge in [-0.05, 0) is 42.5 Å². The molecule has 0 aromatic heterocycles. The van der Waals surface area contributed by atoms with Crippen LogP contribution >= 0.6 is 11.6 Å². The van der Waals surface area contributed by atoms with Crippen LogP contribution in [-0.2, 0) is 12.8 Å². The van der Waals surface area contributed by atoms with Crippen molar-refractivity contribution in [2.75, 3.05) is 0 Å². The van der Waals surface area contributed by atoms with Crippen LogP contribution in [0.2, 0.25) is 5.02 Å². The number of aryl methyl sites for hydroxylation is 1. The van der Waals surface area contributed by atoms with Gasteiger partial charge in [0.15, 0.2) is 0 Å². The fraction of sp³-hybridized carbons (Fsp3) is 0.300. The fourth-order valence-electron chi connectivity index (χ4n) is 1.86. The Kier molecular flexibility index (Phi) is 2.00. The van der Waals surface area contributed by atoms with Crippen LogP contribution in [0.25, 0.3) is 0 Å². The molecular formula is C10H9ClO2. The van der Waals surface area contributed by atoms with Crippen molar-refractivity contribution < 1.29 is 9.90 Å². The van der Waals surface area contributed by atoms with Gasteiger partial charge in [0.05, 0.1) is 5.56 Å². The summed E-state index contributed by atoms with van der Waals surface area (Å²) in [5, 5.41) is 9.44. The maximum Gasteiger partial charge on any atom is 0.336 e. The van der Waals surface area contributed by atoms with Crippen molar-refractivity contribution in [3.63, 3.8) is 0 Å². The molecule has 0 fully saturated rings. The summed E-state index contributed by atoms with van der Waals surface area (Å²) in [4.78, 5) is 10.9. The molecule has 0 heterocycles. The molecule has 1 aliphatic rings. The highest BCUT2D eigenvalue weighted by molar-refractivity contribution is 6.31. The van der Waals surface area contributed by atoms with Crippen LogP contribution in [0.5, 0.6) is 0 Å². The van der Waals surface area contributed by atoms with Crippen molar-refractivity contribution in [1.82, 2.24) is 0 Å². The summed E-state index contributed by atoms with van der Waals surface area (Å²) in [6, 6.07) is 3.41. The first kappa shape index (κ1) is 8.57. The average molecular weight is 197 g/mol. The minimum atomic E-state index is -0.874. The first-order chi connectivity index (χ1) is 6.18. The second kappa shape index (κ2) is 3.04. The van der Waals surface area contributed by atoms with Crippen molar-refractivity contribution in [1.29, 1.82) is 0 Å². The summed E-state index contributed by atoms with van der Waals surface area (Å²) >= 11 is 5.81. The number of carbonyl (C=O) groups is 1. The van der Waals surface area contributed by atoms with Gasteiger partial charge in [0.25, 0.3) is 0 Å². The lowest BCUT2D eigenvalue weighted by molar-refractivity contribution is 0.0696. The smallest absolute Gasteiger partial charge is 0.336 e.